The van der Waals surface area contributed by atoms with Gasteiger partial charge < -0.3 is 10.4 Å². The molecule has 0 unspecified atom stereocenters. The van der Waals surface area contributed by atoms with Crippen LogP contribution in [0.2, 0.25) is 0 Å². The standard InChI is InChI=1S/C19H24N2O/c1-15-6-5-9-17(12-15)20-18-14-21(11-10-19(18)22)13-16-7-3-2-4-8-16/h2-9,12,18-20,22H,10-11,13-14H2,1H3/t18-,19-/m1/s1. The lowest BCUT2D eigenvalue weighted by Gasteiger charge is -2.37. The van der Waals surface area contributed by atoms with Crippen molar-refractivity contribution in [3.63, 3.8) is 0 Å². The van der Waals surface area contributed by atoms with Crippen LogP contribution < -0.4 is 5.32 Å². The van der Waals surface area contributed by atoms with Gasteiger partial charge in [0.2, 0.25) is 0 Å². The minimum Gasteiger partial charge on any atom is -0.391 e. The van der Waals surface area contributed by atoms with E-state index in [1.807, 2.05) is 6.07 Å². The fourth-order valence-corrected chi connectivity index (χ4v) is 3.08. The molecule has 0 bridgehead atoms. The highest BCUT2D eigenvalue weighted by molar-refractivity contribution is 5.46. The first-order valence-corrected chi connectivity index (χ1v) is 7.98. The second kappa shape index (κ2) is 6.95. The summed E-state index contributed by atoms with van der Waals surface area (Å²) in [6, 6.07) is 18.9. The quantitative estimate of drug-likeness (QED) is 0.910. The van der Waals surface area contributed by atoms with E-state index in [-0.39, 0.29) is 12.1 Å². The smallest absolute Gasteiger partial charge is 0.0765 e. The highest BCUT2D eigenvalue weighted by Gasteiger charge is 2.27. The van der Waals surface area contributed by atoms with Gasteiger partial charge in [0.15, 0.2) is 0 Å². The van der Waals surface area contributed by atoms with Crippen molar-refractivity contribution >= 4 is 5.69 Å². The van der Waals surface area contributed by atoms with Crippen LogP contribution in [0.4, 0.5) is 5.69 Å². The molecule has 1 heterocycles. The Balaban J connectivity index is 1.63. The maximum absolute atomic E-state index is 10.3. The number of aryl methyl sites for hydroxylation is 1. The molecule has 1 aliphatic rings. The second-order valence-corrected chi connectivity index (χ2v) is 6.20. The Labute approximate surface area is 132 Å². The highest BCUT2D eigenvalue weighted by atomic mass is 16.3. The number of likely N-dealkylation sites (tertiary alicyclic amines) is 1. The van der Waals surface area contributed by atoms with E-state index in [0.717, 1.165) is 31.7 Å². The number of benzene rings is 2. The van der Waals surface area contributed by atoms with Crippen molar-refractivity contribution in [2.45, 2.75) is 32.0 Å². The Morgan fingerprint density at radius 2 is 1.95 bits per heavy atom. The molecule has 0 aliphatic carbocycles. The lowest BCUT2D eigenvalue weighted by Crippen LogP contribution is -2.50. The molecule has 3 nitrogen and oxygen atoms in total. The molecule has 2 N–H and O–H groups in total. The largest absolute Gasteiger partial charge is 0.391 e. The van der Waals surface area contributed by atoms with Gasteiger partial charge in [0.1, 0.15) is 0 Å². The first-order chi connectivity index (χ1) is 10.7. The molecule has 22 heavy (non-hydrogen) atoms. The van der Waals surface area contributed by atoms with E-state index >= 15 is 0 Å². The van der Waals surface area contributed by atoms with Gasteiger partial charge in [-0.1, -0.05) is 42.5 Å². The average Bonchev–Trinajstić information content (AvgIpc) is 2.52. The van der Waals surface area contributed by atoms with Crippen LogP contribution in [-0.4, -0.2) is 35.2 Å². The van der Waals surface area contributed by atoms with E-state index in [4.69, 9.17) is 0 Å². The number of aliphatic hydroxyl groups is 1. The highest BCUT2D eigenvalue weighted by Crippen LogP contribution is 2.19. The Morgan fingerprint density at radius 1 is 1.14 bits per heavy atom. The average molecular weight is 296 g/mol. The van der Waals surface area contributed by atoms with Crippen LogP contribution >= 0.6 is 0 Å². The fourth-order valence-electron chi connectivity index (χ4n) is 3.08. The van der Waals surface area contributed by atoms with Crippen molar-refractivity contribution in [3.05, 3.63) is 65.7 Å². The third-order valence-corrected chi connectivity index (χ3v) is 4.28. The zero-order chi connectivity index (χ0) is 15.4. The number of hydrogen-bond acceptors (Lipinski definition) is 3. The van der Waals surface area contributed by atoms with E-state index in [0.29, 0.717) is 0 Å². The molecule has 1 saturated heterocycles. The number of nitrogens with one attached hydrogen (secondary N) is 1. The molecule has 1 fully saturated rings. The molecule has 0 spiro atoms. The van der Waals surface area contributed by atoms with Gasteiger partial charge in [-0.3, -0.25) is 4.90 Å². The Bertz CT molecular complexity index is 599. The molecule has 1 aliphatic heterocycles. The van der Waals surface area contributed by atoms with Gasteiger partial charge in [0.25, 0.3) is 0 Å². The second-order valence-electron chi connectivity index (χ2n) is 6.20. The number of aliphatic hydroxyl groups excluding tert-OH is 1. The van der Waals surface area contributed by atoms with E-state index in [2.05, 4.69) is 65.7 Å². The van der Waals surface area contributed by atoms with Gasteiger partial charge in [0.05, 0.1) is 12.1 Å². The van der Waals surface area contributed by atoms with Crippen molar-refractivity contribution in [3.8, 4) is 0 Å². The molecule has 0 amide bonds. The van der Waals surface area contributed by atoms with Crippen LogP contribution in [0, 0.1) is 6.92 Å². The van der Waals surface area contributed by atoms with Gasteiger partial charge in [-0.05, 0) is 36.6 Å². The molecule has 0 radical (unpaired) electrons. The third-order valence-electron chi connectivity index (χ3n) is 4.28. The van der Waals surface area contributed by atoms with Crippen LogP contribution in [0.5, 0.6) is 0 Å². The molecule has 2 aromatic rings. The maximum Gasteiger partial charge on any atom is 0.0765 e. The lowest BCUT2D eigenvalue weighted by atomic mass is 10.0. The number of hydrogen-bond donors (Lipinski definition) is 2. The van der Waals surface area contributed by atoms with Gasteiger partial charge >= 0.3 is 0 Å². The normalized spacial score (nSPS) is 22.5. The van der Waals surface area contributed by atoms with Crippen molar-refractivity contribution in [2.75, 3.05) is 18.4 Å². The van der Waals surface area contributed by atoms with Crippen LogP contribution in [-0.2, 0) is 6.54 Å². The monoisotopic (exact) mass is 296 g/mol. The van der Waals surface area contributed by atoms with Crippen molar-refractivity contribution in [2.24, 2.45) is 0 Å². The summed E-state index contributed by atoms with van der Waals surface area (Å²) in [4.78, 5) is 2.41. The summed E-state index contributed by atoms with van der Waals surface area (Å²) >= 11 is 0. The summed E-state index contributed by atoms with van der Waals surface area (Å²) in [5.74, 6) is 0. The lowest BCUT2D eigenvalue weighted by molar-refractivity contribution is 0.0666. The van der Waals surface area contributed by atoms with Crippen LogP contribution in [0.15, 0.2) is 54.6 Å². The van der Waals surface area contributed by atoms with Gasteiger partial charge in [-0.2, -0.15) is 0 Å². The SMILES string of the molecule is Cc1cccc(N[C@@H]2CN(Cc3ccccc3)CC[C@H]2O)c1. The first kappa shape index (κ1) is 15.1. The van der Waals surface area contributed by atoms with Crippen molar-refractivity contribution < 1.29 is 5.11 Å². The Morgan fingerprint density at radius 3 is 2.73 bits per heavy atom. The summed E-state index contributed by atoms with van der Waals surface area (Å²) in [6.07, 6.45) is 0.531. The molecular weight excluding hydrogens is 272 g/mol. The Kier molecular flexibility index (Phi) is 4.76. The van der Waals surface area contributed by atoms with Crippen molar-refractivity contribution in [1.29, 1.82) is 0 Å². The maximum atomic E-state index is 10.3. The zero-order valence-corrected chi connectivity index (χ0v) is 13.1. The molecule has 116 valence electrons. The van der Waals surface area contributed by atoms with E-state index in [9.17, 15) is 5.11 Å². The summed E-state index contributed by atoms with van der Waals surface area (Å²) in [5, 5.41) is 13.8. The predicted molar refractivity (Wildman–Crippen MR) is 90.9 cm³/mol. The zero-order valence-electron chi connectivity index (χ0n) is 13.1. The minimum absolute atomic E-state index is 0.0827. The fraction of sp³-hybridized carbons (Fsp3) is 0.368. The van der Waals surface area contributed by atoms with E-state index < -0.39 is 0 Å². The van der Waals surface area contributed by atoms with Crippen LogP contribution in [0.3, 0.4) is 0 Å². The molecular formula is C19H24N2O. The van der Waals surface area contributed by atoms with Gasteiger partial charge in [0, 0.05) is 25.3 Å². The van der Waals surface area contributed by atoms with Gasteiger partial charge in [-0.15, -0.1) is 0 Å². The molecule has 2 atom stereocenters. The minimum atomic E-state index is -0.285. The summed E-state index contributed by atoms with van der Waals surface area (Å²) < 4.78 is 0. The topological polar surface area (TPSA) is 35.5 Å². The summed E-state index contributed by atoms with van der Waals surface area (Å²) in [6.45, 7) is 4.84. The number of anilines is 1. The van der Waals surface area contributed by atoms with Crippen molar-refractivity contribution in [1.82, 2.24) is 4.90 Å². The predicted octanol–water partition coefficient (Wildman–Crippen LogP) is 3.04. The molecule has 3 heteroatoms. The number of rotatable bonds is 4. The van der Waals surface area contributed by atoms with E-state index in [1.54, 1.807) is 0 Å². The molecule has 0 saturated carbocycles. The van der Waals surface area contributed by atoms with E-state index in [1.165, 1.54) is 11.1 Å². The number of nitrogens with zero attached hydrogens (tertiary/aromatic N) is 1. The summed E-state index contributed by atoms with van der Waals surface area (Å²) in [7, 11) is 0. The third kappa shape index (κ3) is 3.87. The molecule has 3 rings (SSSR count). The van der Waals surface area contributed by atoms with Crippen LogP contribution in [0.25, 0.3) is 0 Å². The molecule has 0 aromatic heterocycles. The number of piperidine rings is 1. The van der Waals surface area contributed by atoms with Crippen LogP contribution in [0.1, 0.15) is 17.5 Å². The first-order valence-electron chi connectivity index (χ1n) is 7.98. The van der Waals surface area contributed by atoms with Gasteiger partial charge in [-0.25, -0.2) is 0 Å². The summed E-state index contributed by atoms with van der Waals surface area (Å²) in [5.41, 5.74) is 3.65. The Hall–Kier alpha value is -1.84. The molecule has 2 aromatic carbocycles.